The largest absolute Gasteiger partial charge is 0.449 e. The highest BCUT2D eigenvalue weighted by Crippen LogP contribution is 2.17. The van der Waals surface area contributed by atoms with E-state index in [1.165, 1.54) is 31.2 Å². The molecule has 0 aromatic heterocycles. The predicted molar refractivity (Wildman–Crippen MR) is 103 cm³/mol. The number of urea groups is 1. The molecule has 1 saturated carbocycles. The summed E-state index contributed by atoms with van der Waals surface area (Å²) in [4.78, 5) is 36.1. The summed E-state index contributed by atoms with van der Waals surface area (Å²) in [6.45, 7) is 1.37. The van der Waals surface area contributed by atoms with E-state index >= 15 is 0 Å². The highest BCUT2D eigenvalue weighted by Gasteiger charge is 2.22. The minimum absolute atomic E-state index is 0.0601. The molecule has 154 valence electrons. The van der Waals surface area contributed by atoms with E-state index in [1.807, 2.05) is 0 Å². The van der Waals surface area contributed by atoms with Gasteiger partial charge >= 0.3 is 12.0 Å². The third kappa shape index (κ3) is 7.30. The summed E-state index contributed by atoms with van der Waals surface area (Å²) >= 11 is 0. The van der Waals surface area contributed by atoms with Crippen LogP contribution in [0.3, 0.4) is 0 Å². The summed E-state index contributed by atoms with van der Waals surface area (Å²) in [6.07, 6.45) is 5.01. The van der Waals surface area contributed by atoms with Gasteiger partial charge in [0.05, 0.1) is 11.3 Å². The highest BCUT2D eigenvalue weighted by atomic mass is 32.2. The molecule has 0 aliphatic heterocycles. The molecular weight excluding hydrogens is 384 g/mol. The summed E-state index contributed by atoms with van der Waals surface area (Å²) in [7, 11) is -3.17. The Morgan fingerprint density at radius 3 is 2.29 bits per heavy atom. The highest BCUT2D eigenvalue weighted by molar-refractivity contribution is 7.89. The third-order valence-electron chi connectivity index (χ3n) is 4.45. The van der Waals surface area contributed by atoms with E-state index in [1.54, 1.807) is 0 Å². The number of amides is 3. The van der Waals surface area contributed by atoms with E-state index < -0.39 is 33.8 Å². The van der Waals surface area contributed by atoms with Crippen LogP contribution in [0.2, 0.25) is 0 Å². The van der Waals surface area contributed by atoms with Crippen molar-refractivity contribution in [1.82, 2.24) is 10.6 Å². The zero-order chi connectivity index (χ0) is 20.7. The molecule has 9 heteroatoms. The lowest BCUT2D eigenvalue weighted by Crippen LogP contribution is -2.48. The third-order valence-corrected chi connectivity index (χ3v) is 5.31. The molecule has 3 amide bonds. The molecule has 0 unspecified atom stereocenters. The molecule has 2 N–H and O–H groups in total. The van der Waals surface area contributed by atoms with Crippen LogP contribution in [0.5, 0.6) is 0 Å². The van der Waals surface area contributed by atoms with Crippen LogP contribution in [0.25, 0.3) is 0 Å². The minimum atomic E-state index is -3.17. The number of hydrogen-bond donors (Lipinski definition) is 2. The fourth-order valence-electron chi connectivity index (χ4n) is 3.00. The first-order valence-corrected chi connectivity index (χ1v) is 11.3. The van der Waals surface area contributed by atoms with Crippen molar-refractivity contribution in [3.8, 4) is 0 Å². The monoisotopic (exact) mass is 410 g/mol. The van der Waals surface area contributed by atoms with E-state index in [9.17, 15) is 22.8 Å². The molecule has 1 aliphatic rings. The van der Waals surface area contributed by atoms with Crippen molar-refractivity contribution in [2.75, 3.05) is 6.26 Å². The first-order valence-electron chi connectivity index (χ1n) is 9.23. The maximum absolute atomic E-state index is 12.1. The number of rotatable bonds is 6. The molecule has 1 fully saturated rings. The normalized spacial score (nSPS) is 16.1. The Morgan fingerprint density at radius 2 is 1.71 bits per heavy atom. The molecule has 1 aromatic carbocycles. The quantitative estimate of drug-likeness (QED) is 0.692. The lowest BCUT2D eigenvalue weighted by atomic mass is 9.96. The Morgan fingerprint density at radius 1 is 1.11 bits per heavy atom. The molecular formula is C19H26N2O6S. The predicted octanol–water partition coefficient (Wildman–Crippen LogP) is 1.93. The molecule has 2 rings (SSSR count). The van der Waals surface area contributed by atoms with Gasteiger partial charge in [0.2, 0.25) is 0 Å². The van der Waals surface area contributed by atoms with E-state index in [-0.39, 0.29) is 17.4 Å². The van der Waals surface area contributed by atoms with Gasteiger partial charge in [-0.3, -0.25) is 10.1 Å². The van der Waals surface area contributed by atoms with Crippen molar-refractivity contribution >= 4 is 27.7 Å². The number of carbonyl (C=O) groups excluding carboxylic acids is 3. The zero-order valence-corrected chi connectivity index (χ0v) is 16.9. The summed E-state index contributed by atoms with van der Waals surface area (Å²) in [5.41, 5.74) is 0.729. The van der Waals surface area contributed by atoms with E-state index in [4.69, 9.17) is 4.74 Å². The van der Waals surface area contributed by atoms with Crippen LogP contribution < -0.4 is 10.6 Å². The number of benzene rings is 1. The Hall–Kier alpha value is -2.42. The number of ether oxygens (including phenoxy) is 1. The van der Waals surface area contributed by atoms with Crippen LogP contribution >= 0.6 is 0 Å². The summed E-state index contributed by atoms with van der Waals surface area (Å²) in [5.74, 6) is -1.58. The molecule has 0 heterocycles. The van der Waals surface area contributed by atoms with Crippen LogP contribution in [-0.2, 0) is 25.1 Å². The number of sulfone groups is 1. The Balaban J connectivity index is 1.83. The van der Waals surface area contributed by atoms with Crippen molar-refractivity contribution in [3.05, 3.63) is 35.4 Å². The summed E-state index contributed by atoms with van der Waals surface area (Å²) < 4.78 is 27.7. The van der Waals surface area contributed by atoms with Gasteiger partial charge in [-0.05, 0) is 37.5 Å². The van der Waals surface area contributed by atoms with Crippen molar-refractivity contribution in [2.45, 2.75) is 56.9 Å². The second kappa shape index (κ2) is 9.68. The first-order chi connectivity index (χ1) is 13.1. The molecule has 1 aliphatic carbocycles. The second-order valence-corrected chi connectivity index (χ2v) is 9.25. The molecule has 0 saturated heterocycles. The number of imide groups is 1. The average Bonchev–Trinajstić information content (AvgIpc) is 2.61. The van der Waals surface area contributed by atoms with E-state index in [0.29, 0.717) is 5.56 Å². The van der Waals surface area contributed by atoms with E-state index in [0.717, 1.165) is 38.4 Å². The first kappa shape index (κ1) is 21.9. The summed E-state index contributed by atoms with van der Waals surface area (Å²) in [6, 6.07) is 5.36. The van der Waals surface area contributed by atoms with Gasteiger partial charge < -0.3 is 10.1 Å². The van der Waals surface area contributed by atoms with Crippen LogP contribution in [0.1, 0.15) is 54.9 Å². The topological polar surface area (TPSA) is 119 Å². The Kier molecular flexibility index (Phi) is 7.56. The second-order valence-electron chi connectivity index (χ2n) is 7.11. The maximum atomic E-state index is 12.1. The molecule has 1 atom stereocenters. The van der Waals surface area contributed by atoms with Gasteiger partial charge in [-0.25, -0.2) is 18.0 Å². The average molecular weight is 410 g/mol. The van der Waals surface area contributed by atoms with Crippen molar-refractivity contribution in [3.63, 3.8) is 0 Å². The maximum Gasteiger partial charge on any atom is 0.338 e. The number of carbonyl (C=O) groups is 3. The molecule has 0 radical (unpaired) electrons. The number of nitrogens with one attached hydrogen (secondary N) is 2. The van der Waals surface area contributed by atoms with Gasteiger partial charge in [0, 0.05) is 12.3 Å². The molecule has 1 aromatic rings. The molecule has 0 bridgehead atoms. The minimum Gasteiger partial charge on any atom is -0.449 e. The Labute approximate surface area is 164 Å². The van der Waals surface area contributed by atoms with Crippen LogP contribution in [0, 0.1) is 0 Å². The lowest BCUT2D eigenvalue weighted by molar-refractivity contribution is -0.127. The Bertz CT molecular complexity index is 813. The smallest absolute Gasteiger partial charge is 0.338 e. The van der Waals surface area contributed by atoms with Crippen molar-refractivity contribution < 1.29 is 27.5 Å². The van der Waals surface area contributed by atoms with Gasteiger partial charge in [-0.15, -0.1) is 0 Å². The summed E-state index contributed by atoms with van der Waals surface area (Å²) in [5, 5.41) is 4.94. The van der Waals surface area contributed by atoms with Crippen LogP contribution in [0.4, 0.5) is 4.79 Å². The standard InChI is InChI=1S/C19H26N2O6S/c1-13(17(22)21-19(24)20-16-6-4-3-5-7-16)27-18(23)15-10-8-14(9-11-15)12-28(2,25)26/h8-11,13,16H,3-7,12H2,1-2H3,(H2,20,21,22,24)/t13-/m1/s1. The van der Waals surface area contributed by atoms with Gasteiger partial charge in [0.1, 0.15) is 0 Å². The van der Waals surface area contributed by atoms with Crippen molar-refractivity contribution in [1.29, 1.82) is 0 Å². The van der Waals surface area contributed by atoms with Crippen molar-refractivity contribution in [2.24, 2.45) is 0 Å². The molecule has 0 spiro atoms. The number of esters is 1. The zero-order valence-electron chi connectivity index (χ0n) is 16.1. The lowest BCUT2D eigenvalue weighted by Gasteiger charge is -2.23. The molecule has 28 heavy (non-hydrogen) atoms. The van der Waals surface area contributed by atoms with Crippen LogP contribution in [0.15, 0.2) is 24.3 Å². The van der Waals surface area contributed by atoms with Gasteiger partial charge in [0.15, 0.2) is 15.9 Å². The SMILES string of the molecule is C[C@@H](OC(=O)c1ccc(CS(C)(=O)=O)cc1)C(=O)NC(=O)NC1CCCCC1. The van der Waals surface area contributed by atoms with Gasteiger partial charge in [-0.1, -0.05) is 31.4 Å². The van der Waals surface area contributed by atoms with Gasteiger partial charge in [-0.2, -0.15) is 0 Å². The number of hydrogen-bond acceptors (Lipinski definition) is 6. The molecule has 8 nitrogen and oxygen atoms in total. The van der Waals surface area contributed by atoms with Gasteiger partial charge in [0.25, 0.3) is 5.91 Å². The fourth-order valence-corrected chi connectivity index (χ4v) is 3.80. The van der Waals surface area contributed by atoms with Crippen LogP contribution in [-0.4, -0.2) is 44.7 Å². The van der Waals surface area contributed by atoms with E-state index in [2.05, 4.69) is 10.6 Å². The fraction of sp³-hybridized carbons (Fsp3) is 0.526.